The summed E-state index contributed by atoms with van der Waals surface area (Å²) in [5.74, 6) is -0.370. The normalized spacial score (nSPS) is 22.3. The lowest BCUT2D eigenvalue weighted by Crippen LogP contribution is -2.45. The van der Waals surface area contributed by atoms with Gasteiger partial charge in [0.2, 0.25) is 0 Å². The maximum Gasteiger partial charge on any atom is 0.331 e. The number of unbranched alkanes of at least 4 members (excludes halogenated alkanes) is 1. The van der Waals surface area contributed by atoms with E-state index in [-0.39, 0.29) is 24.2 Å². The second kappa shape index (κ2) is 7.69. The number of fused-ring (bicyclic) bond motifs is 3. The molecule has 0 amide bonds. The first-order valence-corrected chi connectivity index (χ1v) is 9.45. The highest BCUT2D eigenvalue weighted by Gasteiger charge is 2.46. The summed E-state index contributed by atoms with van der Waals surface area (Å²) in [5.41, 5.74) is 1.40. The van der Waals surface area contributed by atoms with Crippen LogP contribution in [0.1, 0.15) is 56.6 Å². The number of aromatic hydroxyl groups is 1. The van der Waals surface area contributed by atoms with Crippen molar-refractivity contribution >= 4 is 5.97 Å². The number of allylic oxidation sites excluding steroid dienone is 1. The van der Waals surface area contributed by atoms with E-state index >= 15 is 0 Å². The SMILES string of the molecule is CC1(C)Oc2cc(CCCCO[N+](=O)[O-])cc(O)c2[C@@H]2C=C(C(=O)O)CC[C@H]21. The zero-order chi connectivity index (χ0) is 20.5. The van der Waals surface area contributed by atoms with Gasteiger partial charge >= 0.3 is 5.97 Å². The van der Waals surface area contributed by atoms with Crippen LogP contribution in [0.3, 0.4) is 0 Å². The van der Waals surface area contributed by atoms with Crippen LogP contribution in [0.15, 0.2) is 23.8 Å². The molecule has 0 radical (unpaired) electrons. The summed E-state index contributed by atoms with van der Waals surface area (Å²) in [4.78, 5) is 25.9. The second-order valence-corrected chi connectivity index (χ2v) is 7.91. The number of phenolic OH excluding ortho intramolecular Hbond substituents is 1. The van der Waals surface area contributed by atoms with E-state index in [1.54, 1.807) is 12.1 Å². The minimum absolute atomic E-state index is 0.0416. The molecule has 0 spiro atoms. The molecule has 0 unspecified atom stereocenters. The Kier molecular flexibility index (Phi) is 5.49. The van der Waals surface area contributed by atoms with E-state index in [0.717, 1.165) is 5.56 Å². The summed E-state index contributed by atoms with van der Waals surface area (Å²) in [6.07, 6.45) is 4.76. The summed E-state index contributed by atoms with van der Waals surface area (Å²) in [6, 6.07) is 3.55. The Morgan fingerprint density at radius 2 is 2.14 bits per heavy atom. The van der Waals surface area contributed by atoms with E-state index in [9.17, 15) is 25.1 Å². The van der Waals surface area contributed by atoms with E-state index in [1.807, 2.05) is 19.9 Å². The molecule has 2 N–H and O–H groups in total. The Labute approximate surface area is 162 Å². The second-order valence-electron chi connectivity index (χ2n) is 7.91. The van der Waals surface area contributed by atoms with Crippen molar-refractivity contribution in [2.24, 2.45) is 5.92 Å². The summed E-state index contributed by atoms with van der Waals surface area (Å²) >= 11 is 0. The van der Waals surface area contributed by atoms with Crippen molar-refractivity contribution in [3.63, 3.8) is 0 Å². The Morgan fingerprint density at radius 1 is 1.39 bits per heavy atom. The lowest BCUT2D eigenvalue weighted by Gasteiger charge is -2.46. The molecular weight excluding hydrogens is 366 g/mol. The van der Waals surface area contributed by atoms with Gasteiger partial charge in [-0.1, -0.05) is 6.08 Å². The highest BCUT2D eigenvalue weighted by molar-refractivity contribution is 5.87. The van der Waals surface area contributed by atoms with Gasteiger partial charge in [-0.2, -0.15) is 0 Å². The van der Waals surface area contributed by atoms with Crippen LogP contribution in [-0.4, -0.2) is 33.5 Å². The highest BCUT2D eigenvalue weighted by Crippen LogP contribution is 2.53. The minimum atomic E-state index is -0.919. The first kappa shape index (κ1) is 20.0. The largest absolute Gasteiger partial charge is 0.507 e. The Bertz CT molecular complexity index is 815. The van der Waals surface area contributed by atoms with Crippen LogP contribution in [-0.2, 0) is 16.1 Å². The molecule has 1 aromatic rings. The van der Waals surface area contributed by atoms with Gasteiger partial charge in [-0.15, -0.1) is 10.1 Å². The van der Waals surface area contributed by atoms with Crippen molar-refractivity contribution in [3.8, 4) is 11.5 Å². The van der Waals surface area contributed by atoms with Gasteiger partial charge < -0.3 is 19.8 Å². The molecule has 0 bridgehead atoms. The molecule has 28 heavy (non-hydrogen) atoms. The number of rotatable bonds is 7. The number of aliphatic carboxylic acids is 1. The maximum atomic E-state index is 11.4. The lowest BCUT2D eigenvalue weighted by molar-refractivity contribution is -0.757. The number of carboxylic acid groups (broad SMARTS) is 1. The topological polar surface area (TPSA) is 119 Å². The van der Waals surface area contributed by atoms with Crippen molar-refractivity contribution < 1.29 is 29.7 Å². The van der Waals surface area contributed by atoms with Crippen molar-refractivity contribution in [2.45, 2.75) is 57.5 Å². The molecule has 1 aliphatic heterocycles. The third-order valence-corrected chi connectivity index (χ3v) is 5.65. The average molecular weight is 391 g/mol. The number of carbonyl (C=O) groups is 1. The summed E-state index contributed by atoms with van der Waals surface area (Å²) in [5, 5.41) is 29.4. The Balaban J connectivity index is 1.84. The number of phenols is 1. The molecule has 152 valence electrons. The van der Waals surface area contributed by atoms with Crippen LogP contribution < -0.4 is 4.74 Å². The molecule has 0 saturated carbocycles. The number of ether oxygens (including phenoxy) is 1. The monoisotopic (exact) mass is 391 g/mol. The van der Waals surface area contributed by atoms with E-state index in [4.69, 9.17) is 4.74 Å². The van der Waals surface area contributed by atoms with Gasteiger partial charge in [0.05, 0.1) is 6.61 Å². The molecule has 8 nitrogen and oxygen atoms in total. The maximum absolute atomic E-state index is 11.4. The van der Waals surface area contributed by atoms with Gasteiger partial charge in [-0.3, -0.25) is 0 Å². The predicted molar refractivity (Wildman–Crippen MR) is 99.9 cm³/mol. The van der Waals surface area contributed by atoms with E-state index < -0.39 is 16.7 Å². The Morgan fingerprint density at radius 3 is 2.82 bits per heavy atom. The summed E-state index contributed by atoms with van der Waals surface area (Å²) in [7, 11) is 0. The molecule has 1 aromatic carbocycles. The van der Waals surface area contributed by atoms with Crippen LogP contribution in [0, 0.1) is 16.0 Å². The molecule has 8 heteroatoms. The van der Waals surface area contributed by atoms with E-state index in [2.05, 4.69) is 4.84 Å². The van der Waals surface area contributed by atoms with Gasteiger partial charge in [-0.25, -0.2) is 4.79 Å². The molecular formula is C20H25NO7. The lowest BCUT2D eigenvalue weighted by atomic mass is 9.67. The number of hydrogen-bond acceptors (Lipinski definition) is 6. The van der Waals surface area contributed by atoms with Crippen LogP contribution in [0.25, 0.3) is 0 Å². The average Bonchev–Trinajstić information content (AvgIpc) is 2.59. The Hall–Kier alpha value is -2.77. The third kappa shape index (κ3) is 4.05. The molecule has 0 saturated heterocycles. The summed E-state index contributed by atoms with van der Waals surface area (Å²) in [6.45, 7) is 4.03. The van der Waals surface area contributed by atoms with Crippen LogP contribution in [0.5, 0.6) is 11.5 Å². The van der Waals surface area contributed by atoms with Gasteiger partial charge in [0, 0.05) is 23.0 Å². The van der Waals surface area contributed by atoms with Crippen molar-refractivity contribution in [2.75, 3.05) is 6.61 Å². The van der Waals surface area contributed by atoms with Gasteiger partial charge in [0.15, 0.2) is 0 Å². The van der Waals surface area contributed by atoms with Gasteiger partial charge in [-0.05, 0) is 63.6 Å². The standard InChI is InChI=1S/C20H25NO7/c1-20(2)15-7-6-13(19(23)24)11-14(15)18-16(22)9-12(10-17(18)28-20)5-3-4-8-27-21(25)26/h9-11,14-15,22H,3-8H2,1-2H3,(H,23,24)/t14-,15-/m1/s1. The van der Waals surface area contributed by atoms with Crippen LogP contribution >= 0.6 is 0 Å². The molecule has 2 atom stereocenters. The molecule has 2 aliphatic rings. The smallest absolute Gasteiger partial charge is 0.331 e. The van der Waals surface area contributed by atoms with Gasteiger partial charge in [0.25, 0.3) is 5.09 Å². The molecule has 0 aromatic heterocycles. The first-order chi connectivity index (χ1) is 13.2. The zero-order valence-electron chi connectivity index (χ0n) is 16.0. The number of aryl methyl sites for hydroxylation is 1. The van der Waals surface area contributed by atoms with Crippen LogP contribution in [0.4, 0.5) is 0 Å². The highest BCUT2D eigenvalue weighted by atomic mass is 16.9. The zero-order valence-corrected chi connectivity index (χ0v) is 16.0. The molecule has 0 fully saturated rings. The molecule has 1 heterocycles. The first-order valence-electron chi connectivity index (χ1n) is 9.45. The number of nitrogens with zero attached hydrogens (tertiary/aromatic N) is 1. The fourth-order valence-corrected chi connectivity index (χ4v) is 4.31. The van der Waals surface area contributed by atoms with E-state index in [1.165, 1.54) is 0 Å². The quantitative estimate of drug-likeness (QED) is 0.414. The number of hydrogen-bond donors (Lipinski definition) is 2. The van der Waals surface area contributed by atoms with Crippen LogP contribution in [0.2, 0.25) is 0 Å². The van der Waals surface area contributed by atoms with Crippen molar-refractivity contribution in [1.29, 1.82) is 0 Å². The molecule has 3 rings (SSSR count). The third-order valence-electron chi connectivity index (χ3n) is 5.65. The van der Waals surface area contributed by atoms with Crippen molar-refractivity contribution in [3.05, 3.63) is 45.0 Å². The molecule has 1 aliphatic carbocycles. The van der Waals surface area contributed by atoms with E-state index in [0.29, 0.717) is 49.0 Å². The van der Waals surface area contributed by atoms with Crippen molar-refractivity contribution in [1.82, 2.24) is 0 Å². The minimum Gasteiger partial charge on any atom is -0.507 e. The summed E-state index contributed by atoms with van der Waals surface area (Å²) < 4.78 is 6.21. The van der Waals surface area contributed by atoms with Gasteiger partial charge in [0.1, 0.15) is 17.1 Å². The number of carboxylic acids is 1. The number of benzene rings is 1. The predicted octanol–water partition coefficient (Wildman–Crippen LogP) is 3.60. The fraction of sp³-hybridized carbons (Fsp3) is 0.550. The fourth-order valence-electron chi connectivity index (χ4n) is 4.31.